The van der Waals surface area contributed by atoms with Crippen molar-refractivity contribution in [3.05, 3.63) is 36.1 Å². The fourth-order valence-corrected chi connectivity index (χ4v) is 2.08. The zero-order valence-electron chi connectivity index (χ0n) is 11.4. The molecule has 2 aromatic rings. The molecular weight excluding hydrogens is 240 g/mol. The van der Waals surface area contributed by atoms with Crippen LogP contribution in [0.5, 0.6) is 0 Å². The Morgan fingerprint density at radius 2 is 2.16 bits per heavy atom. The Balaban J connectivity index is 2.19. The number of fused-ring (bicyclic) bond motifs is 1. The molecule has 0 aliphatic carbocycles. The number of carbonyl (C=O) groups is 1. The van der Waals surface area contributed by atoms with Gasteiger partial charge in [-0.15, -0.1) is 0 Å². The van der Waals surface area contributed by atoms with E-state index < -0.39 is 0 Å². The second-order valence-electron chi connectivity index (χ2n) is 5.06. The van der Waals surface area contributed by atoms with Gasteiger partial charge in [0.2, 0.25) is 0 Å². The first kappa shape index (κ1) is 13.6. The van der Waals surface area contributed by atoms with Crippen LogP contribution >= 0.6 is 0 Å². The molecule has 3 N–H and O–H groups in total. The van der Waals surface area contributed by atoms with Crippen LogP contribution in [0.1, 0.15) is 37.2 Å². The van der Waals surface area contributed by atoms with E-state index >= 15 is 0 Å². The van der Waals surface area contributed by atoms with E-state index in [9.17, 15) is 4.79 Å². The van der Waals surface area contributed by atoms with Crippen LogP contribution < -0.4 is 11.1 Å². The van der Waals surface area contributed by atoms with Crippen molar-refractivity contribution in [2.45, 2.75) is 32.2 Å². The molecule has 102 valence electrons. The fraction of sp³-hybridized carbons (Fsp3) is 0.400. The molecule has 1 aromatic heterocycles. The Morgan fingerprint density at radius 3 is 2.79 bits per heavy atom. The highest BCUT2D eigenvalue weighted by molar-refractivity contribution is 5.96. The third kappa shape index (κ3) is 2.96. The fourth-order valence-electron chi connectivity index (χ4n) is 2.08. The maximum Gasteiger partial charge on any atom is 0.287 e. The molecule has 19 heavy (non-hydrogen) atoms. The molecule has 1 aromatic carbocycles. The third-order valence-electron chi connectivity index (χ3n) is 3.54. The number of rotatable bonds is 5. The molecule has 0 aliphatic heterocycles. The Morgan fingerprint density at radius 1 is 1.42 bits per heavy atom. The first-order valence-corrected chi connectivity index (χ1v) is 6.59. The summed E-state index contributed by atoms with van der Waals surface area (Å²) in [4.78, 5) is 12.2. The maximum atomic E-state index is 12.2. The normalized spacial score (nSPS) is 14.3. The van der Waals surface area contributed by atoms with E-state index in [1.165, 1.54) is 0 Å². The number of hydrogen-bond acceptors (Lipinski definition) is 3. The van der Waals surface area contributed by atoms with Gasteiger partial charge in [-0.25, -0.2) is 0 Å². The van der Waals surface area contributed by atoms with Gasteiger partial charge in [0.05, 0.1) is 0 Å². The average molecular weight is 260 g/mol. The van der Waals surface area contributed by atoms with Crippen LogP contribution in [0.25, 0.3) is 11.0 Å². The lowest BCUT2D eigenvalue weighted by Gasteiger charge is -2.28. The van der Waals surface area contributed by atoms with Crippen LogP contribution in [-0.2, 0) is 0 Å². The number of hydrogen-bond donors (Lipinski definition) is 2. The Kier molecular flexibility index (Phi) is 3.90. The summed E-state index contributed by atoms with van der Waals surface area (Å²) in [5.41, 5.74) is 6.03. The number of nitrogens with one attached hydrogen (secondary N) is 1. The predicted octanol–water partition coefficient (Wildman–Crippen LogP) is 2.68. The minimum atomic E-state index is -0.287. The first-order valence-electron chi connectivity index (χ1n) is 6.59. The minimum Gasteiger partial charge on any atom is -0.451 e. The number of carbonyl (C=O) groups excluding carboxylic acids is 1. The largest absolute Gasteiger partial charge is 0.451 e. The van der Waals surface area contributed by atoms with Crippen molar-refractivity contribution in [1.29, 1.82) is 0 Å². The van der Waals surface area contributed by atoms with Crippen molar-refractivity contribution in [3.63, 3.8) is 0 Å². The lowest BCUT2D eigenvalue weighted by Crippen LogP contribution is -2.46. The van der Waals surface area contributed by atoms with E-state index in [0.717, 1.165) is 23.8 Å². The lowest BCUT2D eigenvalue weighted by molar-refractivity contribution is 0.0873. The monoisotopic (exact) mass is 260 g/mol. The minimum absolute atomic E-state index is 0.186. The van der Waals surface area contributed by atoms with Gasteiger partial charge in [0, 0.05) is 10.9 Å². The molecular formula is C15H20N2O2. The van der Waals surface area contributed by atoms with Gasteiger partial charge in [0.15, 0.2) is 5.76 Å². The van der Waals surface area contributed by atoms with Crippen LogP contribution in [0.3, 0.4) is 0 Å². The molecule has 0 spiro atoms. The van der Waals surface area contributed by atoms with Crippen LogP contribution in [-0.4, -0.2) is 18.0 Å². The van der Waals surface area contributed by atoms with Crippen molar-refractivity contribution in [2.24, 2.45) is 5.73 Å². The zero-order chi connectivity index (χ0) is 13.9. The van der Waals surface area contributed by atoms with Crippen molar-refractivity contribution in [2.75, 3.05) is 6.54 Å². The van der Waals surface area contributed by atoms with Gasteiger partial charge in [0.25, 0.3) is 5.91 Å². The molecule has 0 bridgehead atoms. The molecule has 4 nitrogen and oxygen atoms in total. The van der Waals surface area contributed by atoms with Gasteiger partial charge in [-0.2, -0.15) is 0 Å². The molecule has 0 aliphatic rings. The Bertz CT molecular complexity index is 543. The van der Waals surface area contributed by atoms with Crippen LogP contribution in [0.2, 0.25) is 0 Å². The van der Waals surface area contributed by atoms with E-state index in [0.29, 0.717) is 12.3 Å². The van der Waals surface area contributed by atoms with E-state index in [1.807, 2.05) is 38.1 Å². The summed E-state index contributed by atoms with van der Waals surface area (Å²) in [6.45, 7) is 4.58. The molecule has 1 atom stereocenters. The Hall–Kier alpha value is -1.81. The van der Waals surface area contributed by atoms with Crippen LogP contribution in [0.4, 0.5) is 0 Å². The summed E-state index contributed by atoms with van der Waals surface area (Å²) < 4.78 is 5.56. The number of furan rings is 1. The van der Waals surface area contributed by atoms with Crippen molar-refractivity contribution >= 4 is 16.9 Å². The van der Waals surface area contributed by atoms with Gasteiger partial charge in [0.1, 0.15) is 5.58 Å². The highest BCUT2D eigenvalue weighted by atomic mass is 16.3. The summed E-state index contributed by atoms with van der Waals surface area (Å²) in [5, 5.41) is 3.94. The third-order valence-corrected chi connectivity index (χ3v) is 3.54. The number of benzene rings is 1. The molecule has 0 radical (unpaired) electrons. The quantitative estimate of drug-likeness (QED) is 0.868. The number of para-hydroxylation sites is 1. The lowest BCUT2D eigenvalue weighted by atomic mass is 9.94. The molecule has 1 unspecified atom stereocenters. The number of nitrogens with two attached hydrogens (primary N) is 1. The van der Waals surface area contributed by atoms with Crippen LogP contribution in [0, 0.1) is 0 Å². The topological polar surface area (TPSA) is 68.3 Å². The van der Waals surface area contributed by atoms with E-state index in [-0.39, 0.29) is 11.4 Å². The second kappa shape index (κ2) is 5.45. The first-order chi connectivity index (χ1) is 9.08. The van der Waals surface area contributed by atoms with E-state index in [2.05, 4.69) is 5.32 Å². The summed E-state index contributed by atoms with van der Waals surface area (Å²) in [5.74, 6) is 0.159. The smallest absolute Gasteiger partial charge is 0.287 e. The zero-order valence-corrected chi connectivity index (χ0v) is 11.4. The molecule has 2 rings (SSSR count). The highest BCUT2D eigenvalue weighted by Crippen LogP contribution is 2.20. The van der Waals surface area contributed by atoms with Gasteiger partial charge in [-0.05, 0) is 38.4 Å². The molecule has 4 heteroatoms. The Labute approximate surface area is 113 Å². The maximum absolute atomic E-state index is 12.2. The van der Waals surface area contributed by atoms with E-state index in [1.54, 1.807) is 6.07 Å². The van der Waals surface area contributed by atoms with Gasteiger partial charge in [-0.3, -0.25) is 4.79 Å². The predicted molar refractivity (Wildman–Crippen MR) is 76.0 cm³/mol. The average Bonchev–Trinajstić information content (AvgIpc) is 2.83. The van der Waals surface area contributed by atoms with E-state index in [4.69, 9.17) is 10.2 Å². The molecule has 0 saturated heterocycles. The van der Waals surface area contributed by atoms with Crippen molar-refractivity contribution in [1.82, 2.24) is 5.32 Å². The van der Waals surface area contributed by atoms with Gasteiger partial charge >= 0.3 is 0 Å². The van der Waals surface area contributed by atoms with Crippen LogP contribution in [0.15, 0.2) is 34.7 Å². The van der Waals surface area contributed by atoms with Crippen molar-refractivity contribution < 1.29 is 9.21 Å². The standard InChI is InChI=1S/C15H20N2O2/c1-3-15(2,8-9-16)17-14(18)13-10-11-6-4-5-7-12(11)19-13/h4-7,10H,3,8-9,16H2,1-2H3,(H,17,18). The molecule has 1 amide bonds. The summed E-state index contributed by atoms with van der Waals surface area (Å²) in [6.07, 6.45) is 1.58. The van der Waals surface area contributed by atoms with Crippen molar-refractivity contribution in [3.8, 4) is 0 Å². The van der Waals surface area contributed by atoms with Gasteiger partial charge < -0.3 is 15.5 Å². The molecule has 0 saturated carbocycles. The van der Waals surface area contributed by atoms with Gasteiger partial charge in [-0.1, -0.05) is 25.1 Å². The SMILES string of the molecule is CCC(C)(CCN)NC(=O)c1cc2ccccc2o1. The summed E-state index contributed by atoms with van der Waals surface area (Å²) >= 11 is 0. The second-order valence-corrected chi connectivity index (χ2v) is 5.06. The highest BCUT2D eigenvalue weighted by Gasteiger charge is 2.25. The molecule has 1 heterocycles. The summed E-state index contributed by atoms with van der Waals surface area (Å²) in [6, 6.07) is 9.35. The number of amides is 1. The summed E-state index contributed by atoms with van der Waals surface area (Å²) in [7, 11) is 0. The molecule has 0 fully saturated rings.